The van der Waals surface area contributed by atoms with Crippen LogP contribution in [0.2, 0.25) is 0 Å². The summed E-state index contributed by atoms with van der Waals surface area (Å²) >= 11 is 0. The van der Waals surface area contributed by atoms with Gasteiger partial charge in [0.1, 0.15) is 5.82 Å². The Hall–Kier alpha value is -2.21. The molecule has 1 saturated heterocycles. The molecule has 2 atom stereocenters. The van der Waals surface area contributed by atoms with Gasteiger partial charge in [-0.15, -0.1) is 0 Å². The van der Waals surface area contributed by atoms with Gasteiger partial charge in [0.15, 0.2) is 0 Å². The molecule has 0 radical (unpaired) electrons. The van der Waals surface area contributed by atoms with Crippen molar-refractivity contribution in [3.8, 4) is 0 Å². The molecule has 1 amide bonds. The molecular weight excluding hydrogens is 302 g/mol. The summed E-state index contributed by atoms with van der Waals surface area (Å²) in [5.74, 6) is 1.01. The Labute approximate surface area is 143 Å². The van der Waals surface area contributed by atoms with Crippen LogP contribution in [-0.2, 0) is 11.8 Å². The molecule has 0 bridgehead atoms. The lowest BCUT2D eigenvalue weighted by molar-refractivity contribution is -0.135. The van der Waals surface area contributed by atoms with E-state index in [1.165, 1.54) is 0 Å². The Morgan fingerprint density at radius 2 is 2.21 bits per heavy atom. The zero-order valence-electron chi connectivity index (χ0n) is 14.6. The standard InChI is InChI=1S/C18H25N5O/c1-4-22-10-11-23(13-16(22)17-20-8-9-21(17)3)18(24)14(2)15-6-5-7-19-12-15/h5-9,12,14,16H,4,10-11,13H2,1-3H3/t14-,16+/m1/s1. The third kappa shape index (κ3) is 3.19. The van der Waals surface area contributed by atoms with Gasteiger partial charge >= 0.3 is 0 Å². The number of aryl methyl sites for hydroxylation is 1. The van der Waals surface area contributed by atoms with Crippen molar-refractivity contribution in [3.05, 3.63) is 48.3 Å². The number of hydrogen-bond donors (Lipinski definition) is 0. The second kappa shape index (κ2) is 7.13. The molecule has 24 heavy (non-hydrogen) atoms. The van der Waals surface area contributed by atoms with Gasteiger partial charge in [0.25, 0.3) is 0 Å². The monoisotopic (exact) mass is 327 g/mol. The highest BCUT2D eigenvalue weighted by atomic mass is 16.2. The fraction of sp³-hybridized carbons (Fsp3) is 0.500. The number of pyridine rings is 1. The summed E-state index contributed by atoms with van der Waals surface area (Å²) in [5, 5.41) is 0. The van der Waals surface area contributed by atoms with Gasteiger partial charge in [0.05, 0.1) is 12.0 Å². The third-order valence-electron chi connectivity index (χ3n) is 4.92. The first-order valence-electron chi connectivity index (χ1n) is 8.51. The second-order valence-electron chi connectivity index (χ2n) is 6.33. The average Bonchev–Trinajstić information content (AvgIpc) is 3.06. The Morgan fingerprint density at radius 1 is 1.38 bits per heavy atom. The molecule has 0 saturated carbocycles. The molecule has 1 aliphatic heterocycles. The van der Waals surface area contributed by atoms with Gasteiger partial charge in [-0.3, -0.25) is 14.7 Å². The molecule has 0 aliphatic carbocycles. The van der Waals surface area contributed by atoms with E-state index in [0.717, 1.165) is 31.0 Å². The highest BCUT2D eigenvalue weighted by molar-refractivity contribution is 5.83. The minimum atomic E-state index is -0.172. The van der Waals surface area contributed by atoms with Crippen LogP contribution < -0.4 is 0 Å². The first kappa shape index (κ1) is 16.6. The van der Waals surface area contributed by atoms with Crippen LogP contribution in [0.15, 0.2) is 36.9 Å². The maximum Gasteiger partial charge on any atom is 0.229 e. The fourth-order valence-electron chi connectivity index (χ4n) is 3.39. The smallest absolute Gasteiger partial charge is 0.229 e. The number of likely N-dealkylation sites (N-methyl/N-ethyl adjacent to an activating group) is 1. The van der Waals surface area contributed by atoms with Crippen molar-refractivity contribution in [2.45, 2.75) is 25.8 Å². The van der Waals surface area contributed by atoms with Crippen molar-refractivity contribution >= 4 is 5.91 Å². The number of hydrogen-bond acceptors (Lipinski definition) is 4. The molecule has 1 aliphatic rings. The van der Waals surface area contributed by atoms with Crippen LogP contribution in [0.4, 0.5) is 0 Å². The molecule has 2 aromatic rings. The van der Waals surface area contributed by atoms with Gasteiger partial charge in [-0.2, -0.15) is 0 Å². The van der Waals surface area contributed by atoms with Crippen LogP contribution in [-0.4, -0.2) is 56.4 Å². The van der Waals surface area contributed by atoms with Crippen LogP contribution in [0.3, 0.4) is 0 Å². The van der Waals surface area contributed by atoms with E-state index in [1.807, 2.05) is 48.0 Å². The highest BCUT2D eigenvalue weighted by Crippen LogP contribution is 2.26. The molecule has 6 nitrogen and oxygen atoms in total. The first-order valence-corrected chi connectivity index (χ1v) is 8.51. The van der Waals surface area contributed by atoms with Crippen molar-refractivity contribution in [3.63, 3.8) is 0 Å². The van der Waals surface area contributed by atoms with Gasteiger partial charge in [-0.05, 0) is 25.1 Å². The number of piperazine rings is 1. The van der Waals surface area contributed by atoms with Crippen molar-refractivity contribution in [1.82, 2.24) is 24.3 Å². The van der Waals surface area contributed by atoms with Gasteiger partial charge < -0.3 is 9.47 Å². The number of carbonyl (C=O) groups is 1. The maximum absolute atomic E-state index is 12.9. The maximum atomic E-state index is 12.9. The van der Waals surface area contributed by atoms with E-state index < -0.39 is 0 Å². The highest BCUT2D eigenvalue weighted by Gasteiger charge is 2.33. The van der Waals surface area contributed by atoms with E-state index >= 15 is 0 Å². The molecule has 3 heterocycles. The van der Waals surface area contributed by atoms with E-state index in [0.29, 0.717) is 6.54 Å². The van der Waals surface area contributed by atoms with E-state index in [1.54, 1.807) is 12.4 Å². The molecule has 1 fully saturated rings. The quantitative estimate of drug-likeness (QED) is 0.860. The van der Waals surface area contributed by atoms with E-state index in [2.05, 4.69) is 21.8 Å². The zero-order chi connectivity index (χ0) is 17.1. The summed E-state index contributed by atoms with van der Waals surface area (Å²) in [6.07, 6.45) is 7.29. The minimum absolute atomic E-state index is 0.147. The second-order valence-corrected chi connectivity index (χ2v) is 6.33. The van der Waals surface area contributed by atoms with Crippen LogP contribution >= 0.6 is 0 Å². The molecule has 6 heteroatoms. The lowest BCUT2D eigenvalue weighted by atomic mass is 10.0. The average molecular weight is 327 g/mol. The first-order chi connectivity index (χ1) is 11.6. The largest absolute Gasteiger partial charge is 0.339 e. The van der Waals surface area contributed by atoms with Crippen LogP contribution in [0, 0.1) is 0 Å². The molecule has 0 spiro atoms. The van der Waals surface area contributed by atoms with E-state index in [-0.39, 0.29) is 17.9 Å². The Morgan fingerprint density at radius 3 is 2.83 bits per heavy atom. The lowest BCUT2D eigenvalue weighted by Gasteiger charge is -2.41. The summed E-state index contributed by atoms with van der Waals surface area (Å²) < 4.78 is 2.05. The molecule has 0 aromatic carbocycles. The summed E-state index contributed by atoms with van der Waals surface area (Å²) in [7, 11) is 2.01. The number of carbonyl (C=O) groups excluding carboxylic acids is 1. The topological polar surface area (TPSA) is 54.3 Å². The normalized spacial score (nSPS) is 20.1. The van der Waals surface area contributed by atoms with E-state index in [4.69, 9.17) is 0 Å². The summed E-state index contributed by atoms with van der Waals surface area (Å²) in [6, 6.07) is 3.99. The lowest BCUT2D eigenvalue weighted by Crippen LogP contribution is -2.51. The van der Waals surface area contributed by atoms with Crippen molar-refractivity contribution < 1.29 is 4.79 Å². The fourth-order valence-corrected chi connectivity index (χ4v) is 3.39. The Kier molecular flexibility index (Phi) is 4.94. The molecule has 0 unspecified atom stereocenters. The van der Waals surface area contributed by atoms with Crippen molar-refractivity contribution in [1.29, 1.82) is 0 Å². The SMILES string of the molecule is CCN1CCN(C(=O)[C@H](C)c2cccnc2)C[C@H]1c1nccn1C. The number of amides is 1. The van der Waals surface area contributed by atoms with Gasteiger partial charge in [-0.1, -0.05) is 13.0 Å². The van der Waals surface area contributed by atoms with Crippen LogP contribution in [0.1, 0.15) is 37.2 Å². The summed E-state index contributed by atoms with van der Waals surface area (Å²) in [6.45, 7) is 7.39. The van der Waals surface area contributed by atoms with Gasteiger partial charge in [0, 0.05) is 51.5 Å². The summed E-state index contributed by atoms with van der Waals surface area (Å²) in [5.41, 5.74) is 0.967. The number of aromatic nitrogens is 3. The predicted octanol–water partition coefficient (Wildman–Crippen LogP) is 1.82. The minimum Gasteiger partial charge on any atom is -0.339 e. The number of imidazole rings is 1. The molecular formula is C18H25N5O. The molecule has 2 aromatic heterocycles. The Balaban J connectivity index is 1.77. The van der Waals surface area contributed by atoms with Crippen molar-refractivity contribution in [2.24, 2.45) is 7.05 Å². The molecule has 0 N–H and O–H groups in total. The van der Waals surface area contributed by atoms with Gasteiger partial charge in [-0.25, -0.2) is 4.98 Å². The Bertz CT molecular complexity index is 684. The predicted molar refractivity (Wildman–Crippen MR) is 92.4 cm³/mol. The number of rotatable bonds is 4. The number of nitrogens with zero attached hydrogens (tertiary/aromatic N) is 5. The summed E-state index contributed by atoms with van der Waals surface area (Å²) in [4.78, 5) is 26.0. The molecule has 3 rings (SSSR count). The zero-order valence-corrected chi connectivity index (χ0v) is 14.6. The van der Waals surface area contributed by atoms with Gasteiger partial charge in [0.2, 0.25) is 5.91 Å². The van der Waals surface area contributed by atoms with Crippen LogP contribution in [0.5, 0.6) is 0 Å². The van der Waals surface area contributed by atoms with Crippen LogP contribution in [0.25, 0.3) is 0 Å². The molecule has 128 valence electrons. The van der Waals surface area contributed by atoms with E-state index in [9.17, 15) is 4.79 Å². The van der Waals surface area contributed by atoms with Crippen molar-refractivity contribution in [2.75, 3.05) is 26.2 Å². The third-order valence-corrected chi connectivity index (χ3v) is 4.92.